The van der Waals surface area contributed by atoms with Gasteiger partial charge in [0.05, 0.1) is 18.3 Å². The third kappa shape index (κ3) is 4.93. The van der Waals surface area contributed by atoms with E-state index in [-0.39, 0.29) is 5.91 Å². The number of thiophene rings is 1. The van der Waals surface area contributed by atoms with E-state index in [1.165, 1.54) is 5.56 Å². The fourth-order valence-corrected chi connectivity index (χ4v) is 3.03. The second kappa shape index (κ2) is 8.26. The number of hydrogen-bond donors (Lipinski definition) is 2. The number of pyridine rings is 1. The monoisotopic (exact) mass is 337 g/mol. The van der Waals surface area contributed by atoms with Crippen LogP contribution in [0.1, 0.15) is 10.4 Å². The Bertz CT molecular complexity index is 755. The molecule has 0 aliphatic carbocycles. The van der Waals surface area contributed by atoms with Gasteiger partial charge in [-0.15, -0.1) is 11.3 Å². The van der Waals surface area contributed by atoms with E-state index in [0.29, 0.717) is 12.1 Å². The quantitative estimate of drug-likeness (QED) is 0.686. The van der Waals surface area contributed by atoms with Crippen LogP contribution in [0.15, 0.2) is 66.2 Å². The number of nitrogens with zero attached hydrogens (tertiary/aromatic N) is 1. The Morgan fingerprint density at radius 3 is 2.62 bits per heavy atom. The largest absolute Gasteiger partial charge is 0.370 e. The second-order valence-corrected chi connectivity index (χ2v) is 6.43. The van der Waals surface area contributed by atoms with Crippen LogP contribution in [0.5, 0.6) is 0 Å². The third-order valence-electron chi connectivity index (χ3n) is 3.52. The highest BCUT2D eigenvalue weighted by Crippen LogP contribution is 2.13. The molecule has 0 bridgehead atoms. The van der Waals surface area contributed by atoms with Crippen molar-refractivity contribution >= 4 is 28.7 Å². The molecule has 0 aliphatic rings. The molecule has 4 nitrogen and oxygen atoms in total. The first-order chi connectivity index (χ1) is 11.8. The molecular formula is C19H19N3OS. The minimum atomic E-state index is -0.0240. The molecule has 5 heteroatoms. The van der Waals surface area contributed by atoms with Gasteiger partial charge in [-0.3, -0.25) is 4.79 Å². The number of aromatic nitrogens is 1. The number of rotatable bonds is 7. The molecule has 0 unspecified atom stereocenters. The lowest BCUT2D eigenvalue weighted by Crippen LogP contribution is -2.14. The van der Waals surface area contributed by atoms with E-state index < -0.39 is 0 Å². The molecule has 3 rings (SSSR count). The molecule has 0 saturated heterocycles. The summed E-state index contributed by atoms with van der Waals surface area (Å²) in [5.41, 5.74) is 2.01. The average Bonchev–Trinajstić information content (AvgIpc) is 3.10. The summed E-state index contributed by atoms with van der Waals surface area (Å²) >= 11 is 1.59. The van der Waals surface area contributed by atoms with Gasteiger partial charge in [0, 0.05) is 11.4 Å². The van der Waals surface area contributed by atoms with Gasteiger partial charge in [0.15, 0.2) is 0 Å². The standard InChI is InChI=1S/C19H19N3OS/c23-19(13-17-7-4-12-24-17)22-16-8-9-18(21-14-16)20-11-10-15-5-2-1-3-6-15/h1-9,12,14H,10-11,13H2,(H,20,21)(H,22,23). The molecule has 24 heavy (non-hydrogen) atoms. The molecule has 0 atom stereocenters. The molecule has 0 fully saturated rings. The number of nitrogens with one attached hydrogen (secondary N) is 2. The number of benzene rings is 1. The van der Waals surface area contributed by atoms with Gasteiger partial charge in [0.25, 0.3) is 0 Å². The van der Waals surface area contributed by atoms with Gasteiger partial charge in [0.2, 0.25) is 5.91 Å². The second-order valence-electron chi connectivity index (χ2n) is 5.40. The molecule has 122 valence electrons. The van der Waals surface area contributed by atoms with Gasteiger partial charge in [0.1, 0.15) is 5.82 Å². The van der Waals surface area contributed by atoms with Gasteiger partial charge in [-0.1, -0.05) is 36.4 Å². The summed E-state index contributed by atoms with van der Waals surface area (Å²) in [6.07, 6.45) is 3.02. The zero-order valence-electron chi connectivity index (χ0n) is 13.2. The van der Waals surface area contributed by atoms with Gasteiger partial charge in [-0.2, -0.15) is 0 Å². The maximum atomic E-state index is 11.9. The third-order valence-corrected chi connectivity index (χ3v) is 4.40. The SMILES string of the molecule is O=C(Cc1cccs1)Nc1ccc(NCCc2ccccc2)nc1. The Labute approximate surface area is 145 Å². The van der Waals surface area contributed by atoms with Crippen molar-refractivity contribution in [3.63, 3.8) is 0 Å². The molecular weight excluding hydrogens is 318 g/mol. The summed E-state index contributed by atoms with van der Waals surface area (Å²) in [5, 5.41) is 8.13. The van der Waals surface area contributed by atoms with Crippen molar-refractivity contribution in [2.45, 2.75) is 12.8 Å². The normalized spacial score (nSPS) is 10.3. The van der Waals surface area contributed by atoms with Crippen molar-refractivity contribution < 1.29 is 4.79 Å². The molecule has 0 saturated carbocycles. The maximum absolute atomic E-state index is 11.9. The predicted molar refractivity (Wildman–Crippen MR) is 99.5 cm³/mol. The molecule has 0 spiro atoms. The summed E-state index contributed by atoms with van der Waals surface area (Å²) in [7, 11) is 0. The summed E-state index contributed by atoms with van der Waals surface area (Å²) < 4.78 is 0. The van der Waals surface area contributed by atoms with E-state index in [1.807, 2.05) is 47.8 Å². The number of carbonyl (C=O) groups excluding carboxylic acids is 1. The van der Waals surface area contributed by atoms with Crippen molar-refractivity contribution in [1.29, 1.82) is 0 Å². The van der Waals surface area contributed by atoms with Crippen LogP contribution in [0.3, 0.4) is 0 Å². The first kappa shape index (κ1) is 16.2. The van der Waals surface area contributed by atoms with E-state index in [1.54, 1.807) is 17.5 Å². The van der Waals surface area contributed by atoms with Crippen LogP contribution in [0.4, 0.5) is 11.5 Å². The summed E-state index contributed by atoms with van der Waals surface area (Å²) in [4.78, 5) is 17.3. The van der Waals surface area contributed by atoms with E-state index in [4.69, 9.17) is 0 Å². The van der Waals surface area contributed by atoms with Crippen molar-refractivity contribution in [2.24, 2.45) is 0 Å². The Balaban J connectivity index is 1.45. The van der Waals surface area contributed by atoms with Crippen LogP contribution in [0.25, 0.3) is 0 Å². The Morgan fingerprint density at radius 1 is 1.04 bits per heavy atom. The maximum Gasteiger partial charge on any atom is 0.229 e. The number of hydrogen-bond acceptors (Lipinski definition) is 4. The number of amides is 1. The fraction of sp³-hybridized carbons (Fsp3) is 0.158. The molecule has 2 N–H and O–H groups in total. The minimum absolute atomic E-state index is 0.0240. The Hall–Kier alpha value is -2.66. The molecule has 1 amide bonds. The summed E-state index contributed by atoms with van der Waals surface area (Å²) in [5.74, 6) is 0.784. The molecule has 1 aromatic carbocycles. The van der Waals surface area contributed by atoms with E-state index in [2.05, 4.69) is 27.8 Å². The highest BCUT2D eigenvalue weighted by molar-refractivity contribution is 7.10. The predicted octanol–water partition coefficient (Wildman–Crippen LogP) is 3.98. The van der Waals surface area contributed by atoms with Crippen LogP contribution in [-0.4, -0.2) is 17.4 Å². The van der Waals surface area contributed by atoms with Gasteiger partial charge in [-0.25, -0.2) is 4.98 Å². The van der Waals surface area contributed by atoms with Crippen molar-refractivity contribution in [3.8, 4) is 0 Å². The van der Waals surface area contributed by atoms with Gasteiger partial charge >= 0.3 is 0 Å². The smallest absolute Gasteiger partial charge is 0.229 e. The average molecular weight is 337 g/mol. The lowest BCUT2D eigenvalue weighted by Gasteiger charge is -2.08. The zero-order valence-corrected chi connectivity index (χ0v) is 14.1. The van der Waals surface area contributed by atoms with Crippen LogP contribution >= 0.6 is 11.3 Å². The Kier molecular flexibility index (Phi) is 5.58. The van der Waals surface area contributed by atoms with Gasteiger partial charge < -0.3 is 10.6 Å². The van der Waals surface area contributed by atoms with Crippen molar-refractivity contribution in [2.75, 3.05) is 17.2 Å². The lowest BCUT2D eigenvalue weighted by molar-refractivity contribution is -0.115. The zero-order chi connectivity index (χ0) is 16.6. The molecule has 3 aromatic rings. The van der Waals surface area contributed by atoms with E-state index in [0.717, 1.165) is 23.7 Å². The van der Waals surface area contributed by atoms with Crippen LogP contribution in [-0.2, 0) is 17.6 Å². The Morgan fingerprint density at radius 2 is 1.92 bits per heavy atom. The molecule has 2 aromatic heterocycles. The van der Waals surface area contributed by atoms with Crippen LogP contribution < -0.4 is 10.6 Å². The minimum Gasteiger partial charge on any atom is -0.370 e. The molecule has 0 aliphatic heterocycles. The van der Waals surface area contributed by atoms with Crippen molar-refractivity contribution in [1.82, 2.24) is 4.98 Å². The molecule has 0 radical (unpaired) electrons. The molecule has 2 heterocycles. The summed E-state index contributed by atoms with van der Waals surface area (Å²) in [6, 6.07) is 18.0. The first-order valence-electron chi connectivity index (χ1n) is 7.86. The highest BCUT2D eigenvalue weighted by atomic mass is 32.1. The topological polar surface area (TPSA) is 54.0 Å². The highest BCUT2D eigenvalue weighted by Gasteiger charge is 2.05. The van der Waals surface area contributed by atoms with E-state index >= 15 is 0 Å². The number of carbonyl (C=O) groups is 1. The van der Waals surface area contributed by atoms with Crippen LogP contribution in [0, 0.1) is 0 Å². The summed E-state index contributed by atoms with van der Waals surface area (Å²) in [6.45, 7) is 0.821. The fourth-order valence-electron chi connectivity index (χ4n) is 2.33. The van der Waals surface area contributed by atoms with E-state index in [9.17, 15) is 4.79 Å². The number of anilines is 2. The first-order valence-corrected chi connectivity index (χ1v) is 8.74. The lowest BCUT2D eigenvalue weighted by atomic mass is 10.1. The van der Waals surface area contributed by atoms with Crippen LogP contribution in [0.2, 0.25) is 0 Å². The van der Waals surface area contributed by atoms with Gasteiger partial charge in [-0.05, 0) is 35.6 Å². The van der Waals surface area contributed by atoms with Crippen molar-refractivity contribution in [3.05, 3.63) is 76.6 Å².